The van der Waals surface area contributed by atoms with Gasteiger partial charge >= 0.3 is 17.2 Å². The molecule has 2 aromatic heterocycles. The minimum atomic E-state index is -1.09. The van der Waals surface area contributed by atoms with Crippen LogP contribution in [0.25, 0.3) is 0 Å². The molecular weight excluding hydrogens is 352 g/mol. The number of hydrogen-bond acceptors (Lipinski definition) is 5. The predicted molar refractivity (Wildman–Crippen MR) is 75.4 cm³/mol. The molecule has 0 amide bonds. The Kier molecular flexibility index (Phi) is 4.00. The molecule has 0 spiro atoms. The average Bonchev–Trinajstić information content (AvgIpc) is 2.81. The number of hydrogen-bond donors (Lipinski definition) is 1. The van der Waals surface area contributed by atoms with E-state index in [4.69, 9.17) is 5.11 Å². The quantitative estimate of drug-likeness (QED) is 0.667. The molecule has 2 rings (SSSR count). The molecule has 104 valence electrons. The highest BCUT2D eigenvalue weighted by Crippen LogP contribution is 2.19. The van der Waals surface area contributed by atoms with Crippen LogP contribution in [0, 0.1) is 10.1 Å². The maximum Gasteiger partial charge on any atom is 0.346 e. The van der Waals surface area contributed by atoms with E-state index in [2.05, 4.69) is 15.9 Å². The molecule has 0 unspecified atom stereocenters. The van der Waals surface area contributed by atoms with E-state index >= 15 is 0 Å². The lowest BCUT2D eigenvalue weighted by Crippen LogP contribution is -2.23. The Bertz CT molecular complexity index is 752. The Morgan fingerprint density at radius 3 is 2.85 bits per heavy atom. The summed E-state index contributed by atoms with van der Waals surface area (Å²) >= 11 is 4.13. The van der Waals surface area contributed by atoms with E-state index in [0.29, 0.717) is 10.0 Å². The van der Waals surface area contributed by atoms with Crippen molar-refractivity contribution in [1.29, 1.82) is 0 Å². The molecule has 0 bridgehead atoms. The Balaban J connectivity index is 2.49. The molecule has 2 heterocycles. The standard InChI is InChI=1S/C11H7BrN2O5S/c12-7-3-8(14(18)19)10(15)13(5-7)4-6-1-2-20-9(6)11(16)17/h1-3,5H,4H2,(H,16,17). The SMILES string of the molecule is O=C(O)c1sccc1Cn1cc(Br)cc([N+](=O)[O-])c1=O. The zero-order chi connectivity index (χ0) is 14.9. The number of rotatable bonds is 4. The first-order chi connectivity index (χ1) is 9.40. The van der Waals surface area contributed by atoms with Gasteiger partial charge in [-0.2, -0.15) is 0 Å². The fourth-order valence-electron chi connectivity index (χ4n) is 1.66. The Morgan fingerprint density at radius 1 is 1.55 bits per heavy atom. The van der Waals surface area contributed by atoms with E-state index in [1.165, 1.54) is 6.20 Å². The minimum absolute atomic E-state index is 0.0375. The number of thiophene rings is 1. The van der Waals surface area contributed by atoms with Crippen molar-refractivity contribution in [1.82, 2.24) is 4.57 Å². The van der Waals surface area contributed by atoms with Gasteiger partial charge in [-0.15, -0.1) is 11.3 Å². The van der Waals surface area contributed by atoms with Crippen molar-refractivity contribution < 1.29 is 14.8 Å². The molecule has 0 radical (unpaired) electrons. The van der Waals surface area contributed by atoms with Crippen LogP contribution in [0.1, 0.15) is 15.2 Å². The second-order valence-corrected chi connectivity index (χ2v) is 5.65. The number of nitro groups is 1. The van der Waals surface area contributed by atoms with Crippen LogP contribution >= 0.6 is 27.3 Å². The van der Waals surface area contributed by atoms with Crippen molar-refractivity contribution in [2.24, 2.45) is 0 Å². The fraction of sp³-hybridized carbons (Fsp3) is 0.0909. The van der Waals surface area contributed by atoms with Gasteiger partial charge in [0.2, 0.25) is 0 Å². The number of aromatic carboxylic acids is 1. The van der Waals surface area contributed by atoms with Gasteiger partial charge in [0.25, 0.3) is 0 Å². The summed E-state index contributed by atoms with van der Waals surface area (Å²) in [4.78, 5) is 33.1. The van der Waals surface area contributed by atoms with Gasteiger partial charge in [-0.05, 0) is 32.9 Å². The summed E-state index contributed by atoms with van der Waals surface area (Å²) in [5.74, 6) is -1.09. The van der Waals surface area contributed by atoms with Crippen molar-refractivity contribution in [2.75, 3.05) is 0 Å². The van der Waals surface area contributed by atoms with Gasteiger partial charge in [0.15, 0.2) is 0 Å². The first-order valence-corrected chi connectivity index (χ1v) is 6.91. The summed E-state index contributed by atoms with van der Waals surface area (Å²) in [5.41, 5.74) is -0.913. The normalized spacial score (nSPS) is 10.4. The molecule has 9 heteroatoms. The number of nitrogens with zero attached hydrogens (tertiary/aromatic N) is 2. The molecule has 0 atom stereocenters. The first kappa shape index (κ1) is 14.4. The molecule has 0 aliphatic carbocycles. The van der Waals surface area contributed by atoms with Crippen LogP contribution < -0.4 is 5.56 Å². The summed E-state index contributed by atoms with van der Waals surface area (Å²) in [7, 11) is 0. The second-order valence-electron chi connectivity index (χ2n) is 3.81. The van der Waals surface area contributed by atoms with Crippen LogP contribution in [0.2, 0.25) is 0 Å². The van der Waals surface area contributed by atoms with Crippen molar-refractivity contribution in [3.8, 4) is 0 Å². The maximum absolute atomic E-state index is 11.9. The highest BCUT2D eigenvalue weighted by molar-refractivity contribution is 9.10. The van der Waals surface area contributed by atoms with Crippen LogP contribution in [0.3, 0.4) is 0 Å². The molecule has 20 heavy (non-hydrogen) atoms. The lowest BCUT2D eigenvalue weighted by molar-refractivity contribution is -0.386. The third-order valence-electron chi connectivity index (χ3n) is 2.51. The van der Waals surface area contributed by atoms with Gasteiger partial charge in [-0.1, -0.05) is 0 Å². The van der Waals surface area contributed by atoms with Crippen LogP contribution in [0.4, 0.5) is 5.69 Å². The molecule has 0 fully saturated rings. The van der Waals surface area contributed by atoms with Crippen molar-refractivity contribution in [3.63, 3.8) is 0 Å². The lowest BCUT2D eigenvalue weighted by Gasteiger charge is -2.06. The number of carboxylic acid groups (broad SMARTS) is 1. The van der Waals surface area contributed by atoms with Gasteiger partial charge in [0, 0.05) is 16.7 Å². The number of aromatic nitrogens is 1. The van der Waals surface area contributed by atoms with Crippen LogP contribution in [0.5, 0.6) is 0 Å². The van der Waals surface area contributed by atoms with Crippen LogP contribution in [0.15, 0.2) is 33.0 Å². The second kappa shape index (κ2) is 5.55. The van der Waals surface area contributed by atoms with Gasteiger partial charge in [0.1, 0.15) is 4.88 Å². The molecule has 1 N–H and O–H groups in total. The van der Waals surface area contributed by atoms with E-state index in [1.54, 1.807) is 11.4 Å². The van der Waals surface area contributed by atoms with E-state index in [0.717, 1.165) is 22.0 Å². The van der Waals surface area contributed by atoms with Gasteiger partial charge in [-0.3, -0.25) is 14.9 Å². The molecule has 0 saturated carbocycles. The highest BCUT2D eigenvalue weighted by Gasteiger charge is 2.18. The summed E-state index contributed by atoms with van der Waals surface area (Å²) < 4.78 is 1.48. The summed E-state index contributed by atoms with van der Waals surface area (Å²) in [6, 6.07) is 2.69. The Morgan fingerprint density at radius 2 is 2.25 bits per heavy atom. The smallest absolute Gasteiger partial charge is 0.346 e. The molecule has 7 nitrogen and oxygen atoms in total. The van der Waals surface area contributed by atoms with Crippen LogP contribution in [-0.2, 0) is 6.54 Å². The van der Waals surface area contributed by atoms with Crippen molar-refractivity contribution in [2.45, 2.75) is 6.54 Å². The molecular formula is C11H7BrN2O5S. The number of carboxylic acids is 1. The number of halogens is 1. The molecule has 2 aromatic rings. The van der Waals surface area contributed by atoms with Crippen molar-refractivity contribution >= 4 is 38.9 Å². The Hall–Kier alpha value is -2.00. The third kappa shape index (κ3) is 2.78. The van der Waals surface area contributed by atoms with Gasteiger partial charge in [0.05, 0.1) is 11.5 Å². The molecule has 0 aromatic carbocycles. The number of carbonyl (C=O) groups is 1. The van der Waals surface area contributed by atoms with Gasteiger partial charge < -0.3 is 9.67 Å². The van der Waals surface area contributed by atoms with E-state index in [1.807, 2.05) is 0 Å². The Labute approximate surface area is 124 Å². The predicted octanol–water partition coefficient (Wildman–Crippen LogP) is 2.33. The van der Waals surface area contributed by atoms with Crippen molar-refractivity contribution in [3.05, 3.63) is 59.1 Å². The zero-order valence-electron chi connectivity index (χ0n) is 9.78. The lowest BCUT2D eigenvalue weighted by atomic mass is 10.2. The largest absolute Gasteiger partial charge is 0.477 e. The summed E-state index contributed by atoms with van der Waals surface area (Å²) in [6.45, 7) is -0.0375. The summed E-state index contributed by atoms with van der Waals surface area (Å²) in [5, 5.41) is 21.4. The fourth-order valence-corrected chi connectivity index (χ4v) is 2.88. The molecule has 0 aliphatic heterocycles. The topological polar surface area (TPSA) is 102 Å². The average molecular weight is 359 g/mol. The molecule has 0 aliphatic rings. The van der Waals surface area contributed by atoms with E-state index < -0.39 is 22.1 Å². The monoisotopic (exact) mass is 358 g/mol. The summed E-state index contributed by atoms with van der Waals surface area (Å²) in [6.07, 6.45) is 1.39. The van der Waals surface area contributed by atoms with E-state index in [9.17, 15) is 19.7 Å². The first-order valence-electron chi connectivity index (χ1n) is 5.24. The maximum atomic E-state index is 11.9. The third-order valence-corrected chi connectivity index (χ3v) is 3.89. The van der Waals surface area contributed by atoms with E-state index in [-0.39, 0.29) is 11.4 Å². The minimum Gasteiger partial charge on any atom is -0.477 e. The zero-order valence-corrected chi connectivity index (χ0v) is 12.2. The van der Waals surface area contributed by atoms with Gasteiger partial charge in [-0.25, -0.2) is 4.79 Å². The number of pyridine rings is 1. The van der Waals surface area contributed by atoms with Crippen LogP contribution in [-0.4, -0.2) is 20.6 Å². The molecule has 0 saturated heterocycles. The highest BCUT2D eigenvalue weighted by atomic mass is 79.9.